The van der Waals surface area contributed by atoms with Crippen molar-refractivity contribution in [2.75, 3.05) is 0 Å². The molecule has 3 N–H and O–H groups in total. The van der Waals surface area contributed by atoms with E-state index in [4.69, 9.17) is 9.47 Å². The zero-order chi connectivity index (χ0) is 26.8. The van der Waals surface area contributed by atoms with Crippen LogP contribution in [0.25, 0.3) is 6.08 Å². The van der Waals surface area contributed by atoms with Gasteiger partial charge in [0.05, 0.1) is 48.0 Å². The molecular formula is C27H41AcNO7S. The molecule has 1 aromatic rings. The number of aliphatic hydroxyl groups is 3. The number of carbonyl (C=O) groups is 2. The van der Waals surface area contributed by atoms with Gasteiger partial charge in [0, 0.05) is 61.8 Å². The fraction of sp³-hybridized carbons (Fsp3) is 0.741. The first-order valence-corrected chi connectivity index (χ1v) is 13.7. The van der Waals surface area contributed by atoms with E-state index in [-0.39, 0.29) is 80.5 Å². The van der Waals surface area contributed by atoms with Crippen LogP contribution in [0, 0.1) is 61.3 Å². The Balaban J connectivity index is 0.00000481. The maximum atomic E-state index is 13.2. The van der Waals surface area contributed by atoms with Gasteiger partial charge >= 0.3 is 5.97 Å². The Labute approximate surface area is 259 Å². The number of aromatic nitrogens is 1. The third-order valence-corrected chi connectivity index (χ3v) is 8.85. The molecule has 7 atom stereocenters. The van der Waals surface area contributed by atoms with E-state index in [9.17, 15) is 24.9 Å². The van der Waals surface area contributed by atoms with Crippen molar-refractivity contribution in [3.05, 3.63) is 21.7 Å². The molecule has 7 unspecified atom stereocenters. The van der Waals surface area contributed by atoms with Gasteiger partial charge in [0.15, 0.2) is 0 Å². The number of thiazole rings is 1. The Kier molecular flexibility index (Phi) is 12.0. The van der Waals surface area contributed by atoms with E-state index in [2.05, 4.69) is 4.98 Å². The van der Waals surface area contributed by atoms with Crippen molar-refractivity contribution in [3.8, 4) is 0 Å². The zero-order valence-electron chi connectivity index (χ0n) is 22.8. The zero-order valence-corrected chi connectivity index (χ0v) is 28.3. The van der Waals surface area contributed by atoms with Gasteiger partial charge in [0.2, 0.25) is 0 Å². The van der Waals surface area contributed by atoms with E-state index in [1.54, 1.807) is 20.8 Å². The summed E-state index contributed by atoms with van der Waals surface area (Å²) in [6.45, 7) is 10.6. The second-order valence-corrected chi connectivity index (χ2v) is 12.2. The van der Waals surface area contributed by atoms with E-state index < -0.39 is 35.6 Å². The Morgan fingerprint density at radius 1 is 1.24 bits per heavy atom. The van der Waals surface area contributed by atoms with Crippen molar-refractivity contribution >= 4 is 29.2 Å². The number of aliphatic hydroxyl groups excluding tert-OH is 3. The molecule has 2 aliphatic heterocycles. The number of epoxide rings is 1. The molecule has 0 spiro atoms. The van der Waals surface area contributed by atoms with E-state index in [0.717, 1.165) is 24.8 Å². The first-order valence-electron chi connectivity index (χ1n) is 12.8. The van der Waals surface area contributed by atoms with Crippen LogP contribution in [0.15, 0.2) is 11.0 Å². The molecule has 37 heavy (non-hydrogen) atoms. The number of nitrogens with zero attached hydrogens (tertiary/aromatic N) is 1. The molecule has 10 heteroatoms. The van der Waals surface area contributed by atoms with E-state index in [1.807, 2.05) is 32.2 Å². The molecule has 2 aliphatic rings. The van der Waals surface area contributed by atoms with Crippen molar-refractivity contribution in [1.82, 2.24) is 4.98 Å². The molecule has 1 aromatic heterocycles. The smallest absolute Gasteiger partial charge is 0.309 e. The van der Waals surface area contributed by atoms with E-state index in [0.29, 0.717) is 17.1 Å². The average molecular weight is 751 g/mol. The Morgan fingerprint density at radius 3 is 2.54 bits per heavy atom. The summed E-state index contributed by atoms with van der Waals surface area (Å²) in [6.07, 6.45) is 1.60. The third kappa shape index (κ3) is 8.16. The van der Waals surface area contributed by atoms with Crippen LogP contribution in [-0.4, -0.2) is 62.1 Å². The van der Waals surface area contributed by atoms with Gasteiger partial charge in [-0.15, -0.1) is 11.3 Å². The molecule has 3 rings (SSSR count). The predicted octanol–water partition coefficient (Wildman–Crippen LogP) is 3.66. The van der Waals surface area contributed by atoms with Gasteiger partial charge in [-0.05, 0) is 44.3 Å². The number of rotatable bonds is 3. The number of hydrogen-bond acceptors (Lipinski definition) is 9. The number of carbonyl (C=O) groups excluding carboxylic acids is 2. The Morgan fingerprint density at radius 2 is 1.92 bits per heavy atom. The maximum absolute atomic E-state index is 13.2. The number of fused-ring (bicyclic) bond motifs is 1. The van der Waals surface area contributed by atoms with Crippen LogP contribution in [0.3, 0.4) is 0 Å². The predicted molar refractivity (Wildman–Crippen MR) is 137 cm³/mol. The molecule has 8 nitrogen and oxygen atoms in total. The summed E-state index contributed by atoms with van der Waals surface area (Å²) in [4.78, 5) is 30.5. The average Bonchev–Trinajstić information content (AvgIpc) is 3.23. The number of esters is 1. The van der Waals surface area contributed by atoms with Gasteiger partial charge < -0.3 is 24.8 Å². The number of hydrogen-bond donors (Lipinski definition) is 3. The third-order valence-electron chi connectivity index (χ3n) is 8.00. The summed E-state index contributed by atoms with van der Waals surface area (Å²) in [5, 5.41) is 33.4. The summed E-state index contributed by atoms with van der Waals surface area (Å²) < 4.78 is 11.9. The monoisotopic (exact) mass is 750 g/mol. The minimum atomic E-state index is -1.26. The molecule has 2 saturated heterocycles. The van der Waals surface area contributed by atoms with E-state index >= 15 is 0 Å². The summed E-state index contributed by atoms with van der Waals surface area (Å²) in [7, 11) is 0. The second kappa shape index (κ2) is 13.4. The van der Waals surface area contributed by atoms with Gasteiger partial charge in [0.1, 0.15) is 16.9 Å². The van der Waals surface area contributed by atoms with Gasteiger partial charge in [-0.25, -0.2) is 4.98 Å². The molecule has 205 valence electrons. The van der Waals surface area contributed by atoms with Crippen LogP contribution in [-0.2, 0) is 25.7 Å². The first kappa shape index (κ1) is 33.0. The molecular weight excluding hydrogens is 709 g/mol. The molecule has 1 radical (unpaired) electrons. The number of ketones is 1. The van der Waals surface area contributed by atoms with Gasteiger partial charge in [-0.3, -0.25) is 9.59 Å². The van der Waals surface area contributed by atoms with Crippen molar-refractivity contribution in [3.63, 3.8) is 0 Å². The van der Waals surface area contributed by atoms with E-state index in [1.165, 1.54) is 11.3 Å². The number of Topliss-reactive ketones (excluding diaryl/α,β-unsaturated/α-hetero) is 1. The summed E-state index contributed by atoms with van der Waals surface area (Å²) >= 11 is 1.35. The minimum absolute atomic E-state index is 0. The fourth-order valence-corrected chi connectivity index (χ4v) is 5.69. The van der Waals surface area contributed by atoms with Crippen LogP contribution in [0.2, 0.25) is 0 Å². The van der Waals surface area contributed by atoms with Crippen LogP contribution >= 0.6 is 11.3 Å². The SMILES string of the molecule is C/C(=C\c1csc(CO)n1)C1CC2OC2(C)CCCC(C)C(O)C(C)C(=O)C(C)(C)C(O)CC(=O)O1.[Ac]. The van der Waals surface area contributed by atoms with Crippen LogP contribution < -0.4 is 0 Å². The number of ether oxygens (including phenoxy) is 2. The fourth-order valence-electron chi connectivity index (χ4n) is 5.08. The second-order valence-electron chi connectivity index (χ2n) is 11.3. The van der Waals surface area contributed by atoms with Crippen molar-refractivity contribution in [1.29, 1.82) is 0 Å². The quantitative estimate of drug-likeness (QED) is 0.316. The molecule has 0 saturated carbocycles. The van der Waals surface area contributed by atoms with Gasteiger partial charge in [0.25, 0.3) is 0 Å². The van der Waals surface area contributed by atoms with Crippen LogP contribution in [0.1, 0.15) is 84.3 Å². The Bertz CT molecular complexity index is 980. The first-order chi connectivity index (χ1) is 16.8. The van der Waals surface area contributed by atoms with Crippen LogP contribution in [0.5, 0.6) is 0 Å². The standard InChI is InChI=1S/C27H41NO7S.Ac/c1-15-8-7-9-27(6)21(35-27)11-19(16(2)10-18-14-36-22(13-29)28-18)34-23(31)12-20(30)26(4,5)25(33)17(3)24(15)32;/h10,14-15,17,19-21,24,29-30,32H,7-9,11-13H2,1-6H3;/b16-10+;. The topological polar surface area (TPSA) is 129 Å². The Hall–Kier alpha value is -0.208. The molecule has 0 amide bonds. The molecule has 0 aromatic carbocycles. The van der Waals surface area contributed by atoms with Gasteiger partial charge in [-0.1, -0.05) is 34.1 Å². The minimum Gasteiger partial charge on any atom is -0.458 e. The van der Waals surface area contributed by atoms with Crippen LogP contribution in [0.4, 0.5) is 0 Å². The maximum Gasteiger partial charge on any atom is 0.309 e. The molecule has 3 heterocycles. The normalized spacial score (nSPS) is 35.8. The molecule has 0 bridgehead atoms. The molecule has 2 fully saturated rings. The van der Waals surface area contributed by atoms with Crippen molar-refractivity contribution in [2.24, 2.45) is 17.3 Å². The van der Waals surface area contributed by atoms with Crippen molar-refractivity contribution < 1.29 is 78.4 Å². The number of cyclic esters (lactones) is 1. The molecule has 0 aliphatic carbocycles. The summed E-state index contributed by atoms with van der Waals surface area (Å²) in [6, 6.07) is 0. The summed E-state index contributed by atoms with van der Waals surface area (Å²) in [5.74, 6) is -1.64. The van der Waals surface area contributed by atoms with Crippen molar-refractivity contribution in [2.45, 2.75) is 110 Å². The van der Waals surface area contributed by atoms with Gasteiger partial charge in [-0.2, -0.15) is 0 Å². The summed E-state index contributed by atoms with van der Waals surface area (Å²) in [5.41, 5.74) is -0.0964. The largest absolute Gasteiger partial charge is 0.458 e.